The number of aromatic nitrogens is 2. The first-order valence-corrected chi connectivity index (χ1v) is 7.38. The molecule has 0 spiro atoms. The van der Waals surface area contributed by atoms with Crippen molar-refractivity contribution < 1.29 is 14.3 Å². The van der Waals surface area contributed by atoms with Gasteiger partial charge in [-0.3, -0.25) is 5.32 Å². The Labute approximate surface area is 139 Å². The number of nitrogens with one attached hydrogen (secondary N) is 1. The Bertz CT molecular complexity index is 714. The largest absolute Gasteiger partial charge is 0.444 e. The second-order valence-electron chi connectivity index (χ2n) is 5.88. The van der Waals surface area contributed by atoms with Crippen molar-refractivity contribution >= 4 is 23.4 Å². The molecule has 0 saturated carbocycles. The summed E-state index contributed by atoms with van der Waals surface area (Å²) in [5.74, 6) is 0.871. The summed E-state index contributed by atoms with van der Waals surface area (Å²) in [6.45, 7) is 7.21. The lowest BCUT2D eigenvalue weighted by atomic mass is 10.2. The van der Waals surface area contributed by atoms with Crippen LogP contribution in [0.3, 0.4) is 0 Å². The van der Waals surface area contributed by atoms with E-state index in [1.165, 1.54) is 0 Å². The van der Waals surface area contributed by atoms with Gasteiger partial charge in [0.2, 0.25) is 11.2 Å². The number of carbonyl (C=O) groups is 1. The van der Waals surface area contributed by atoms with Gasteiger partial charge in [-0.15, -0.1) is 0 Å². The first kappa shape index (κ1) is 17.0. The van der Waals surface area contributed by atoms with E-state index in [1.807, 2.05) is 6.92 Å². The molecule has 23 heavy (non-hydrogen) atoms. The topological polar surface area (TPSA) is 73.3 Å². The van der Waals surface area contributed by atoms with E-state index in [9.17, 15) is 4.79 Å². The summed E-state index contributed by atoms with van der Waals surface area (Å²) in [5.41, 5.74) is 0.738. The quantitative estimate of drug-likeness (QED) is 0.831. The number of anilines is 1. The Morgan fingerprint density at radius 2 is 2.04 bits per heavy atom. The summed E-state index contributed by atoms with van der Waals surface area (Å²) in [4.78, 5) is 19.7. The third-order valence-electron chi connectivity index (χ3n) is 2.59. The molecule has 7 heteroatoms. The van der Waals surface area contributed by atoms with Crippen molar-refractivity contribution in [2.24, 2.45) is 0 Å². The van der Waals surface area contributed by atoms with E-state index < -0.39 is 11.7 Å². The Morgan fingerprint density at radius 1 is 1.30 bits per heavy atom. The number of amides is 1. The molecule has 0 aliphatic rings. The van der Waals surface area contributed by atoms with Crippen LogP contribution in [0.1, 0.15) is 26.3 Å². The summed E-state index contributed by atoms with van der Waals surface area (Å²) < 4.78 is 10.9. The molecule has 1 aromatic carbocycles. The van der Waals surface area contributed by atoms with Crippen molar-refractivity contribution in [3.63, 3.8) is 0 Å². The molecule has 1 heterocycles. The zero-order valence-electron chi connectivity index (χ0n) is 13.4. The highest BCUT2D eigenvalue weighted by molar-refractivity contribution is 6.28. The van der Waals surface area contributed by atoms with Crippen LogP contribution in [0.4, 0.5) is 10.5 Å². The molecule has 122 valence electrons. The van der Waals surface area contributed by atoms with Crippen LogP contribution in [0.5, 0.6) is 11.6 Å². The average molecular weight is 336 g/mol. The first-order chi connectivity index (χ1) is 10.7. The van der Waals surface area contributed by atoms with Crippen molar-refractivity contribution in [2.45, 2.75) is 33.3 Å². The normalized spacial score (nSPS) is 11.0. The lowest BCUT2D eigenvalue weighted by Crippen LogP contribution is -2.27. The molecule has 0 unspecified atom stereocenters. The summed E-state index contributed by atoms with van der Waals surface area (Å²) in [6, 6.07) is 6.89. The van der Waals surface area contributed by atoms with E-state index in [2.05, 4.69) is 15.3 Å². The number of benzene rings is 1. The van der Waals surface area contributed by atoms with E-state index in [1.54, 1.807) is 51.2 Å². The van der Waals surface area contributed by atoms with E-state index >= 15 is 0 Å². The third kappa shape index (κ3) is 5.41. The molecule has 0 aliphatic heterocycles. The lowest BCUT2D eigenvalue weighted by molar-refractivity contribution is 0.0636. The van der Waals surface area contributed by atoms with Crippen molar-refractivity contribution in [1.29, 1.82) is 0 Å². The van der Waals surface area contributed by atoms with Crippen molar-refractivity contribution in [3.05, 3.63) is 41.3 Å². The average Bonchev–Trinajstić information content (AvgIpc) is 2.41. The molecular formula is C16H18ClN3O3. The number of halogens is 1. The maximum atomic E-state index is 11.8. The smallest absolute Gasteiger partial charge is 0.412 e. The molecule has 1 N–H and O–H groups in total. The highest BCUT2D eigenvalue weighted by Gasteiger charge is 2.16. The molecule has 0 atom stereocenters. The van der Waals surface area contributed by atoms with Gasteiger partial charge in [-0.2, -0.15) is 4.98 Å². The van der Waals surface area contributed by atoms with E-state index in [4.69, 9.17) is 21.1 Å². The van der Waals surface area contributed by atoms with E-state index in [-0.39, 0.29) is 5.28 Å². The number of hydrogen-bond donors (Lipinski definition) is 1. The highest BCUT2D eigenvalue weighted by atomic mass is 35.5. The summed E-state index contributed by atoms with van der Waals surface area (Å²) in [7, 11) is 0. The zero-order valence-corrected chi connectivity index (χ0v) is 14.1. The monoisotopic (exact) mass is 335 g/mol. The van der Waals surface area contributed by atoms with Crippen LogP contribution in [0.2, 0.25) is 5.28 Å². The number of nitrogens with zero attached hydrogens (tertiary/aromatic N) is 2. The first-order valence-electron chi connectivity index (χ1n) is 7.00. The van der Waals surface area contributed by atoms with Gasteiger partial charge in [-0.1, -0.05) is 6.07 Å². The Kier molecular flexibility index (Phi) is 5.05. The lowest BCUT2D eigenvalue weighted by Gasteiger charge is -2.19. The molecule has 0 fully saturated rings. The number of ether oxygens (including phenoxy) is 2. The summed E-state index contributed by atoms with van der Waals surface area (Å²) in [6.07, 6.45) is 1.05. The van der Waals surface area contributed by atoms with Gasteiger partial charge in [0.1, 0.15) is 11.4 Å². The molecule has 0 aliphatic carbocycles. The number of aryl methyl sites for hydroxylation is 1. The number of rotatable bonds is 3. The molecular weight excluding hydrogens is 318 g/mol. The molecule has 0 saturated heterocycles. The van der Waals surface area contributed by atoms with E-state index in [0.717, 1.165) is 5.56 Å². The van der Waals surface area contributed by atoms with Crippen LogP contribution in [0.15, 0.2) is 30.5 Å². The van der Waals surface area contributed by atoms with Gasteiger partial charge in [-0.25, -0.2) is 9.78 Å². The number of carbonyl (C=O) groups excluding carboxylic acids is 1. The minimum absolute atomic E-state index is 0.105. The SMILES string of the molecule is Cc1cnc(Cl)nc1Oc1cccc(NC(=O)OC(C)(C)C)c1. The van der Waals surface area contributed by atoms with Crippen LogP contribution < -0.4 is 10.1 Å². The fourth-order valence-electron chi connectivity index (χ4n) is 1.68. The standard InChI is InChI=1S/C16H18ClN3O3/c1-10-9-18-14(17)20-13(10)22-12-7-5-6-11(8-12)19-15(21)23-16(2,3)4/h5-9H,1-4H3,(H,19,21). The molecule has 2 aromatic rings. The second kappa shape index (κ2) is 6.83. The Hall–Kier alpha value is -2.34. The van der Waals surface area contributed by atoms with Gasteiger partial charge < -0.3 is 9.47 Å². The Morgan fingerprint density at radius 3 is 2.74 bits per heavy atom. The van der Waals surface area contributed by atoms with Crippen LogP contribution in [-0.4, -0.2) is 21.7 Å². The maximum absolute atomic E-state index is 11.8. The second-order valence-corrected chi connectivity index (χ2v) is 6.22. The third-order valence-corrected chi connectivity index (χ3v) is 2.77. The van der Waals surface area contributed by atoms with Gasteiger partial charge in [-0.05, 0) is 51.4 Å². The highest BCUT2D eigenvalue weighted by Crippen LogP contribution is 2.26. The molecule has 1 amide bonds. The van der Waals surface area contributed by atoms with Gasteiger partial charge in [0.25, 0.3) is 0 Å². The molecule has 0 radical (unpaired) electrons. The molecule has 1 aromatic heterocycles. The molecule has 6 nitrogen and oxygen atoms in total. The van der Waals surface area contributed by atoms with Crippen molar-refractivity contribution in [1.82, 2.24) is 9.97 Å². The molecule has 0 bridgehead atoms. The van der Waals surface area contributed by atoms with Crippen LogP contribution in [0, 0.1) is 6.92 Å². The molecule has 2 rings (SSSR count). The Balaban J connectivity index is 2.11. The van der Waals surface area contributed by atoms with Gasteiger partial charge in [0.15, 0.2) is 0 Å². The van der Waals surface area contributed by atoms with Crippen molar-refractivity contribution in [3.8, 4) is 11.6 Å². The zero-order chi connectivity index (χ0) is 17.0. The fraction of sp³-hybridized carbons (Fsp3) is 0.312. The van der Waals surface area contributed by atoms with Gasteiger partial charge in [0.05, 0.1) is 0 Å². The minimum Gasteiger partial charge on any atom is -0.444 e. The summed E-state index contributed by atoms with van der Waals surface area (Å²) >= 11 is 5.77. The van der Waals surface area contributed by atoms with Crippen LogP contribution in [-0.2, 0) is 4.74 Å². The van der Waals surface area contributed by atoms with Crippen LogP contribution in [0.25, 0.3) is 0 Å². The minimum atomic E-state index is -0.562. The van der Waals surface area contributed by atoms with E-state index in [0.29, 0.717) is 17.3 Å². The van der Waals surface area contributed by atoms with Crippen molar-refractivity contribution in [2.75, 3.05) is 5.32 Å². The number of hydrogen-bond acceptors (Lipinski definition) is 5. The predicted molar refractivity (Wildman–Crippen MR) is 88.2 cm³/mol. The van der Waals surface area contributed by atoms with Gasteiger partial charge in [0, 0.05) is 23.5 Å². The fourth-order valence-corrected chi connectivity index (χ4v) is 1.81. The summed E-state index contributed by atoms with van der Waals surface area (Å²) in [5, 5.41) is 2.76. The van der Waals surface area contributed by atoms with Crippen LogP contribution >= 0.6 is 11.6 Å². The maximum Gasteiger partial charge on any atom is 0.412 e. The predicted octanol–water partition coefficient (Wildman–Crippen LogP) is 4.58. The van der Waals surface area contributed by atoms with Gasteiger partial charge >= 0.3 is 6.09 Å².